The van der Waals surface area contributed by atoms with E-state index in [-0.39, 0.29) is 5.91 Å². The molecule has 0 bridgehead atoms. The van der Waals surface area contributed by atoms with Crippen LogP contribution in [0.2, 0.25) is 0 Å². The van der Waals surface area contributed by atoms with Crippen LogP contribution < -0.4 is 5.32 Å². The van der Waals surface area contributed by atoms with Gasteiger partial charge in [-0.1, -0.05) is 24.3 Å². The lowest BCUT2D eigenvalue weighted by molar-refractivity contribution is 0.102. The molecule has 1 amide bonds. The summed E-state index contributed by atoms with van der Waals surface area (Å²) >= 11 is 3.31. The van der Waals surface area contributed by atoms with Crippen LogP contribution in [0.1, 0.15) is 28.2 Å². The highest BCUT2D eigenvalue weighted by molar-refractivity contribution is 7.99. The van der Waals surface area contributed by atoms with Crippen LogP contribution in [0, 0.1) is 6.92 Å². The van der Waals surface area contributed by atoms with E-state index in [1.165, 1.54) is 0 Å². The van der Waals surface area contributed by atoms with Crippen LogP contribution in [-0.4, -0.2) is 29.4 Å². The van der Waals surface area contributed by atoms with Gasteiger partial charge in [0.15, 0.2) is 0 Å². The quantitative estimate of drug-likeness (QED) is 0.534. The topological polar surface area (TPSA) is 51.2 Å². The van der Waals surface area contributed by atoms with Gasteiger partial charge >= 0.3 is 0 Å². The van der Waals surface area contributed by atoms with E-state index in [0.717, 1.165) is 52.0 Å². The molecule has 1 atom stereocenters. The maximum absolute atomic E-state index is 12.9. The lowest BCUT2D eigenvalue weighted by Crippen LogP contribution is -2.14. The molecule has 28 heavy (non-hydrogen) atoms. The molecule has 1 saturated heterocycles. The fourth-order valence-electron chi connectivity index (χ4n) is 3.19. The number of hydrogen-bond donors (Lipinski definition) is 1. The zero-order valence-electron chi connectivity index (χ0n) is 15.7. The summed E-state index contributed by atoms with van der Waals surface area (Å²) in [5.41, 5.74) is 3.40. The number of anilines is 1. The zero-order valence-corrected chi connectivity index (χ0v) is 17.3. The molecule has 144 valence electrons. The Morgan fingerprint density at radius 3 is 2.96 bits per heavy atom. The van der Waals surface area contributed by atoms with Gasteiger partial charge < -0.3 is 10.1 Å². The molecule has 1 aromatic heterocycles. The molecule has 6 heteroatoms. The summed E-state index contributed by atoms with van der Waals surface area (Å²) < 4.78 is 5.70. The molecule has 2 heterocycles. The van der Waals surface area contributed by atoms with Gasteiger partial charge in [-0.2, -0.15) is 0 Å². The molecule has 4 rings (SSSR count). The van der Waals surface area contributed by atoms with Crippen LogP contribution in [0.15, 0.2) is 58.8 Å². The number of rotatable bonds is 6. The predicted molar refractivity (Wildman–Crippen MR) is 116 cm³/mol. The lowest BCUT2D eigenvalue weighted by atomic mass is 10.1. The molecule has 0 aliphatic carbocycles. The van der Waals surface area contributed by atoms with Gasteiger partial charge in [-0.25, -0.2) is 4.98 Å². The van der Waals surface area contributed by atoms with Crippen molar-refractivity contribution < 1.29 is 9.53 Å². The van der Waals surface area contributed by atoms with Crippen molar-refractivity contribution in [1.29, 1.82) is 0 Å². The molecule has 0 spiro atoms. The molecule has 1 fully saturated rings. The third-order valence-electron chi connectivity index (χ3n) is 4.62. The van der Waals surface area contributed by atoms with Crippen molar-refractivity contribution in [3.05, 3.63) is 64.5 Å². The first kappa shape index (κ1) is 19.2. The van der Waals surface area contributed by atoms with Crippen molar-refractivity contribution >= 4 is 34.7 Å². The number of hydrogen-bond acceptors (Lipinski definition) is 5. The molecular weight excluding hydrogens is 388 g/mol. The van der Waals surface area contributed by atoms with Crippen LogP contribution >= 0.6 is 23.1 Å². The Morgan fingerprint density at radius 1 is 1.29 bits per heavy atom. The Hall–Kier alpha value is -2.15. The second kappa shape index (κ2) is 8.90. The fourth-order valence-corrected chi connectivity index (χ4v) is 4.93. The number of aromatic nitrogens is 1. The second-order valence-corrected chi connectivity index (χ2v) is 8.85. The van der Waals surface area contributed by atoms with Crippen LogP contribution in [0.4, 0.5) is 5.69 Å². The van der Waals surface area contributed by atoms with Gasteiger partial charge in [0.1, 0.15) is 0 Å². The number of nitrogens with zero attached hydrogens (tertiary/aromatic N) is 1. The van der Waals surface area contributed by atoms with E-state index in [2.05, 4.69) is 10.3 Å². The molecule has 3 aromatic rings. The minimum Gasteiger partial charge on any atom is -0.377 e. The Labute approximate surface area is 173 Å². The summed E-state index contributed by atoms with van der Waals surface area (Å²) in [6, 6.07) is 15.6. The smallest absolute Gasteiger partial charge is 0.256 e. The van der Waals surface area contributed by atoms with Crippen LogP contribution in [0.5, 0.6) is 0 Å². The Balaban J connectivity index is 1.48. The first-order valence-electron chi connectivity index (χ1n) is 9.36. The van der Waals surface area contributed by atoms with Crippen molar-refractivity contribution in [2.75, 3.05) is 17.7 Å². The minimum absolute atomic E-state index is 0.0953. The number of thioether (sulfide) groups is 1. The molecule has 0 radical (unpaired) electrons. The van der Waals surface area contributed by atoms with Gasteiger partial charge in [-0.05, 0) is 44.0 Å². The van der Waals surface area contributed by atoms with E-state index in [1.54, 1.807) is 23.1 Å². The number of thiazole rings is 1. The minimum atomic E-state index is -0.0953. The first-order valence-corrected chi connectivity index (χ1v) is 11.2. The van der Waals surface area contributed by atoms with E-state index in [4.69, 9.17) is 4.74 Å². The highest BCUT2D eigenvalue weighted by Crippen LogP contribution is 2.28. The molecule has 4 nitrogen and oxygen atoms in total. The van der Waals surface area contributed by atoms with Crippen molar-refractivity contribution in [3.63, 3.8) is 0 Å². The van der Waals surface area contributed by atoms with Crippen LogP contribution in [-0.2, 0) is 4.74 Å². The molecule has 1 N–H and O–H groups in total. The number of nitrogens with one attached hydrogen (secondary N) is 1. The number of aryl methyl sites for hydroxylation is 1. The summed E-state index contributed by atoms with van der Waals surface area (Å²) in [6.45, 7) is 2.84. The van der Waals surface area contributed by atoms with Gasteiger partial charge in [-0.3, -0.25) is 4.79 Å². The third kappa shape index (κ3) is 4.63. The monoisotopic (exact) mass is 410 g/mol. The van der Waals surface area contributed by atoms with Gasteiger partial charge in [0, 0.05) is 33.9 Å². The van der Waals surface area contributed by atoms with Gasteiger partial charge in [-0.15, -0.1) is 23.1 Å². The highest BCUT2D eigenvalue weighted by atomic mass is 32.2. The van der Waals surface area contributed by atoms with Crippen LogP contribution in [0.25, 0.3) is 11.3 Å². The van der Waals surface area contributed by atoms with E-state index in [0.29, 0.717) is 11.7 Å². The number of carbonyl (C=O) groups excluding carboxylic acids is 1. The van der Waals surface area contributed by atoms with Gasteiger partial charge in [0.2, 0.25) is 0 Å². The molecule has 1 aliphatic heterocycles. The van der Waals surface area contributed by atoms with Gasteiger partial charge in [0.05, 0.1) is 22.4 Å². The summed E-state index contributed by atoms with van der Waals surface area (Å²) in [6.07, 6.45) is 2.52. The van der Waals surface area contributed by atoms with E-state index in [1.807, 2.05) is 60.8 Å². The number of benzene rings is 2. The van der Waals surface area contributed by atoms with Crippen molar-refractivity contribution in [1.82, 2.24) is 4.98 Å². The molecule has 2 aromatic carbocycles. The molecular formula is C22H22N2O2S2. The molecule has 1 aliphatic rings. The Bertz CT molecular complexity index is 964. The van der Waals surface area contributed by atoms with Crippen molar-refractivity contribution in [2.45, 2.75) is 30.8 Å². The summed E-state index contributed by atoms with van der Waals surface area (Å²) in [7, 11) is 0. The summed E-state index contributed by atoms with van der Waals surface area (Å²) in [4.78, 5) is 18.4. The average molecular weight is 411 g/mol. The fraction of sp³-hybridized carbons (Fsp3) is 0.273. The second-order valence-electron chi connectivity index (χ2n) is 6.73. The van der Waals surface area contributed by atoms with Crippen molar-refractivity contribution in [3.8, 4) is 11.3 Å². The maximum Gasteiger partial charge on any atom is 0.256 e. The molecule has 0 unspecified atom stereocenters. The van der Waals surface area contributed by atoms with E-state index >= 15 is 0 Å². The number of carbonyl (C=O) groups is 1. The first-order chi connectivity index (χ1) is 13.7. The normalized spacial score (nSPS) is 16.2. The number of amides is 1. The van der Waals surface area contributed by atoms with E-state index < -0.39 is 0 Å². The van der Waals surface area contributed by atoms with E-state index in [9.17, 15) is 4.79 Å². The SMILES string of the molecule is Cc1nc(-c2cccc(NC(=O)c3ccccc3SC[C@@H]3CCCO3)c2)cs1. The summed E-state index contributed by atoms with van der Waals surface area (Å²) in [5.74, 6) is 0.783. The zero-order chi connectivity index (χ0) is 19.3. The maximum atomic E-state index is 12.9. The summed E-state index contributed by atoms with van der Waals surface area (Å²) in [5, 5.41) is 6.10. The standard InChI is InChI=1S/C22H22N2O2S2/c1-15-23-20(14-27-15)16-6-4-7-17(12-16)24-22(25)19-9-2-3-10-21(19)28-13-18-8-5-11-26-18/h2-4,6-7,9-10,12,14,18H,5,8,11,13H2,1H3,(H,24,25)/t18-/m0/s1. The Morgan fingerprint density at radius 2 is 2.18 bits per heavy atom. The largest absolute Gasteiger partial charge is 0.377 e. The predicted octanol–water partition coefficient (Wildman–Crippen LogP) is 5.64. The van der Waals surface area contributed by atoms with Crippen molar-refractivity contribution in [2.24, 2.45) is 0 Å². The molecule has 0 saturated carbocycles. The average Bonchev–Trinajstić information content (AvgIpc) is 3.38. The van der Waals surface area contributed by atoms with Crippen LogP contribution in [0.3, 0.4) is 0 Å². The van der Waals surface area contributed by atoms with Gasteiger partial charge in [0.25, 0.3) is 5.91 Å². The third-order valence-corrected chi connectivity index (χ3v) is 6.59. The Kier molecular flexibility index (Phi) is 6.10. The lowest BCUT2D eigenvalue weighted by Gasteiger charge is -2.13. The number of ether oxygens (including phenoxy) is 1. The highest BCUT2D eigenvalue weighted by Gasteiger charge is 2.18.